The van der Waals surface area contributed by atoms with Gasteiger partial charge in [-0.15, -0.1) is 0 Å². The lowest BCUT2D eigenvalue weighted by atomic mass is 9.86. The lowest BCUT2D eigenvalue weighted by Crippen LogP contribution is -2.43. The van der Waals surface area contributed by atoms with Crippen molar-refractivity contribution in [2.75, 3.05) is 141 Å². The van der Waals surface area contributed by atoms with Gasteiger partial charge < -0.3 is 119 Å². The summed E-state index contributed by atoms with van der Waals surface area (Å²) in [4.78, 5) is 176. The van der Waals surface area contributed by atoms with E-state index in [1.165, 1.54) is 0 Å². The van der Waals surface area contributed by atoms with Gasteiger partial charge in [0.1, 0.15) is 26.4 Å². The number of hydrogen-bond acceptors (Lipinski definition) is 37. The van der Waals surface area contributed by atoms with Crippen LogP contribution in [-0.2, 0) is 83.3 Å². The molecule has 37 nitrogen and oxygen atoms in total. The fourth-order valence-corrected chi connectivity index (χ4v) is 14.3. The fraction of sp³-hybridized carbons (Fsp3) is 0.923. The molecule has 0 unspecified atom stereocenters. The number of nitrogens with zero attached hydrogens (tertiary/aromatic N) is 4. The highest BCUT2D eigenvalue weighted by Crippen LogP contribution is 2.30. The highest BCUT2D eigenvalue weighted by Gasteiger charge is 2.38. The van der Waals surface area contributed by atoms with Crippen LogP contribution in [0.4, 0.5) is 0 Å². The van der Waals surface area contributed by atoms with E-state index in [0.29, 0.717) is 0 Å². The van der Waals surface area contributed by atoms with Gasteiger partial charge >= 0.3 is 59.1 Å². The molecule has 0 fully saturated rings. The van der Waals surface area contributed by atoms with Gasteiger partial charge in [-0.05, 0) is 142 Å². The summed E-state index contributed by atoms with van der Waals surface area (Å²) in [6.45, 7) is 1.28. The van der Waals surface area contributed by atoms with Crippen LogP contribution >= 0.6 is 0 Å². The van der Waals surface area contributed by atoms with Gasteiger partial charge in [0.05, 0.1) is 90.2 Å². The largest absolute Gasteiger partial charge is 0.748 e. The van der Waals surface area contributed by atoms with E-state index in [1.54, 1.807) is 33.4 Å². The topological polar surface area (TPSA) is 599 Å². The normalized spacial score (nSPS) is 13.5. The van der Waals surface area contributed by atoms with Gasteiger partial charge in [0.2, 0.25) is 0 Å². The van der Waals surface area contributed by atoms with E-state index in [4.69, 9.17) is 23.7 Å². The van der Waals surface area contributed by atoms with Crippen LogP contribution in [0.3, 0.4) is 0 Å². The van der Waals surface area contributed by atoms with E-state index in [-0.39, 0.29) is 218 Å². The van der Waals surface area contributed by atoms with Crippen molar-refractivity contribution in [1.29, 1.82) is 0 Å². The molecular formula is C52H106N4O33S4Si4-4. The average molecular weight is 1560 g/mol. The van der Waals surface area contributed by atoms with E-state index in [2.05, 4.69) is 0 Å². The second-order valence-corrected chi connectivity index (χ2v) is 38.9. The first kappa shape index (κ1) is 94.7. The number of rotatable bonds is 62. The maximum atomic E-state index is 13.6. The number of hydrogen-bond donors (Lipinski definition) is 12. The van der Waals surface area contributed by atoms with Crippen LogP contribution in [-0.4, -0.2) is 329 Å². The summed E-state index contributed by atoms with van der Waals surface area (Å²) in [5.74, 6) is -5.91. The summed E-state index contributed by atoms with van der Waals surface area (Å²) >= 11 is 0. The molecule has 0 aromatic rings. The summed E-state index contributed by atoms with van der Waals surface area (Å²) in [6.07, 6.45) is -0.441. The Hall–Kier alpha value is -2.29. The third kappa shape index (κ3) is 58.9. The van der Waals surface area contributed by atoms with Gasteiger partial charge in [0, 0.05) is 73.4 Å². The summed E-state index contributed by atoms with van der Waals surface area (Å²) in [5, 5.41) is 0. The smallest absolute Gasteiger partial charge is 0.492 e. The Morgan fingerprint density at radius 3 is 0.660 bits per heavy atom. The molecule has 0 spiro atoms. The van der Waals surface area contributed by atoms with Gasteiger partial charge in [-0.1, -0.05) is 13.8 Å². The summed E-state index contributed by atoms with van der Waals surface area (Å²) < 4.78 is 164. The van der Waals surface area contributed by atoms with Crippen molar-refractivity contribution in [3.8, 4) is 0 Å². The highest BCUT2D eigenvalue weighted by molar-refractivity contribution is 7.86. The van der Waals surface area contributed by atoms with Crippen LogP contribution < -0.4 is 0 Å². The summed E-state index contributed by atoms with van der Waals surface area (Å²) in [6, 6.07) is -1.48. The van der Waals surface area contributed by atoms with Crippen LogP contribution in [0.15, 0.2) is 0 Å². The maximum absolute atomic E-state index is 13.6. The zero-order valence-corrected chi connectivity index (χ0v) is 62.7. The quantitative estimate of drug-likeness (QED) is 0.00895. The van der Waals surface area contributed by atoms with E-state index < -0.39 is 173 Å². The van der Waals surface area contributed by atoms with Crippen LogP contribution in [0.1, 0.15) is 129 Å². The number of carbonyl (C=O) groups excluding carboxylic acids is 4. The Labute approximate surface area is 574 Å². The third-order valence-electron chi connectivity index (χ3n) is 15.4. The molecule has 0 atom stereocenters. The molecule has 97 heavy (non-hydrogen) atoms. The van der Waals surface area contributed by atoms with Crippen molar-refractivity contribution < 1.29 is 152 Å². The second-order valence-electron chi connectivity index (χ2n) is 24.6. The van der Waals surface area contributed by atoms with Gasteiger partial charge in [0.25, 0.3) is 0 Å². The monoisotopic (exact) mass is 1550 g/mol. The molecular weight excluding hydrogens is 1450 g/mol. The molecule has 0 aliphatic rings. The lowest BCUT2D eigenvalue weighted by molar-refractivity contribution is -0.163. The van der Waals surface area contributed by atoms with Crippen molar-refractivity contribution in [2.24, 2.45) is 10.8 Å². The molecule has 45 heteroatoms. The molecule has 0 aromatic carbocycles. The zero-order valence-electron chi connectivity index (χ0n) is 55.5. The van der Waals surface area contributed by atoms with Gasteiger partial charge in [-0.2, -0.15) is 0 Å². The Kier molecular flexibility index (Phi) is 46.0. The summed E-state index contributed by atoms with van der Waals surface area (Å²) in [7, 11) is -36.1. The van der Waals surface area contributed by atoms with Crippen molar-refractivity contribution in [1.82, 2.24) is 19.6 Å². The van der Waals surface area contributed by atoms with Crippen molar-refractivity contribution in [3.63, 3.8) is 0 Å². The van der Waals surface area contributed by atoms with Gasteiger partial charge in [-0.3, -0.25) is 19.2 Å². The van der Waals surface area contributed by atoms with E-state index >= 15 is 0 Å². The molecule has 0 aliphatic carbocycles. The molecule has 0 rings (SSSR count). The minimum Gasteiger partial charge on any atom is -0.748 e. The molecule has 0 radical (unpaired) electrons. The van der Waals surface area contributed by atoms with Crippen LogP contribution in [0.5, 0.6) is 0 Å². The number of unbranched alkanes of at least 4 members (excludes halogenated alkanes) is 4. The number of carbonyl (C=O) groups is 4. The van der Waals surface area contributed by atoms with Crippen molar-refractivity contribution in [2.45, 2.75) is 154 Å². The van der Waals surface area contributed by atoms with Crippen molar-refractivity contribution in [3.05, 3.63) is 0 Å². The molecule has 0 aliphatic heterocycles. The van der Waals surface area contributed by atoms with E-state index in [1.807, 2.05) is 0 Å². The standard InChI is InChI=1S/C52H110N4O33S4Si4/c1-3-51(43-86-47(57)17-29-53(25-13-37-94(73,74)75)21-5-9-33-90(61,62)63,44-87-48(58)18-30-54(26-14-38-95(76,77)78)22-6-10-34-91(64,65)66)41-85-42-52(4-2,45-88-49(59)19-31-55(27-15-39-96(79,80)81)23-7-11-35-92(67,68)69)46-89-50(60)20-32-56(28-16-40-97(82,83)84)24-8-12-36-93(70,71)72/h73-84H,3-46H2,1-2H3,(H,61,62,63)(H,64,65,66)(H,67,68,69)(H,70,71,72)/p-4. The Morgan fingerprint density at radius 1 is 0.309 bits per heavy atom. The van der Waals surface area contributed by atoms with Gasteiger partial charge in [-0.25, -0.2) is 33.7 Å². The molecule has 576 valence electrons. The molecule has 0 saturated carbocycles. The predicted molar refractivity (Wildman–Crippen MR) is 347 cm³/mol. The average Bonchev–Trinajstić information content (AvgIpc) is 0.856. The molecule has 0 aromatic heterocycles. The Bertz CT molecular complexity index is 2360. The Balaban J connectivity index is 7.21. The minimum atomic E-state index is -4.55. The molecule has 0 saturated heterocycles. The Morgan fingerprint density at radius 2 is 0.495 bits per heavy atom. The van der Waals surface area contributed by atoms with Gasteiger partial charge in [0.15, 0.2) is 0 Å². The third-order valence-corrected chi connectivity index (χ3v) is 22.7. The number of esters is 4. The number of ether oxygens (including phenoxy) is 5. The molecule has 12 N–H and O–H groups in total. The van der Waals surface area contributed by atoms with Crippen LogP contribution in [0.25, 0.3) is 0 Å². The zero-order chi connectivity index (χ0) is 74.3. The fourth-order valence-electron chi connectivity index (χ4n) is 9.53. The summed E-state index contributed by atoms with van der Waals surface area (Å²) in [5.41, 5.74) is -2.81. The molecule has 0 bridgehead atoms. The van der Waals surface area contributed by atoms with Crippen LogP contribution in [0.2, 0.25) is 24.2 Å². The highest BCUT2D eigenvalue weighted by atomic mass is 32.2. The lowest BCUT2D eigenvalue weighted by Gasteiger charge is -2.35. The van der Waals surface area contributed by atoms with Crippen molar-refractivity contribution >= 4 is 99.6 Å². The predicted octanol–water partition coefficient (Wildman–Crippen LogP) is -4.74. The second kappa shape index (κ2) is 47.1. The van der Waals surface area contributed by atoms with E-state index in [9.17, 15) is 129 Å². The maximum Gasteiger partial charge on any atom is 0.492 e. The van der Waals surface area contributed by atoms with E-state index in [0.717, 1.165) is 0 Å². The minimum absolute atomic E-state index is 0.0347. The first-order valence-electron chi connectivity index (χ1n) is 32.1. The molecule has 0 heterocycles. The first-order chi connectivity index (χ1) is 44.5. The SMILES string of the molecule is CCC(COCC(CC)(COC(=O)CCN(CCCCS(=O)(=O)[O-])CCC[Si](O)(O)O)COC(=O)CCN(CCCCS(=O)(=O)[O-])CCC[Si](O)(O)O)(COC(=O)CCN(CCCCS(=O)(=O)[O-])CCC[Si](O)(O)O)COC(=O)CCN(CCCCS(=O)(=O)[O-])CCC[Si](O)(O)O. The van der Waals surface area contributed by atoms with Crippen LogP contribution in [0, 0.1) is 10.8 Å². The first-order valence-corrected chi connectivity index (χ1v) is 46.6. The molecule has 0 amide bonds.